The van der Waals surface area contributed by atoms with E-state index in [0.29, 0.717) is 15.7 Å². The van der Waals surface area contributed by atoms with Crippen LogP contribution in [0.15, 0.2) is 42.7 Å². The van der Waals surface area contributed by atoms with Crippen molar-refractivity contribution >= 4 is 34.8 Å². The topological polar surface area (TPSA) is 42.0 Å². The second kappa shape index (κ2) is 5.85. The Hall–Kier alpha value is -1.58. The van der Waals surface area contributed by atoms with Crippen LogP contribution in [0.3, 0.4) is 0 Å². The Bertz CT molecular complexity index is 558. The third-order valence-electron chi connectivity index (χ3n) is 2.29. The van der Waals surface area contributed by atoms with E-state index in [1.54, 1.807) is 36.7 Å². The van der Waals surface area contributed by atoms with Crippen LogP contribution in [0.25, 0.3) is 0 Å². The van der Waals surface area contributed by atoms with Crippen LogP contribution in [-0.2, 0) is 11.2 Å². The highest BCUT2D eigenvalue weighted by molar-refractivity contribution is 6.35. The fourth-order valence-corrected chi connectivity index (χ4v) is 1.81. The number of amides is 1. The van der Waals surface area contributed by atoms with E-state index in [9.17, 15) is 4.79 Å². The van der Waals surface area contributed by atoms with E-state index in [1.807, 2.05) is 6.07 Å². The molecular formula is C13H10Cl2N2O. The molecule has 2 aromatic rings. The van der Waals surface area contributed by atoms with Gasteiger partial charge in [0.05, 0.1) is 17.1 Å². The van der Waals surface area contributed by atoms with Crippen LogP contribution in [0.5, 0.6) is 0 Å². The van der Waals surface area contributed by atoms with Crippen LogP contribution in [0.4, 0.5) is 5.69 Å². The third-order valence-corrected chi connectivity index (χ3v) is 2.85. The lowest BCUT2D eigenvalue weighted by atomic mass is 10.2. The molecule has 0 bridgehead atoms. The van der Waals surface area contributed by atoms with Crippen LogP contribution < -0.4 is 5.32 Å². The average molecular weight is 281 g/mol. The Labute approximate surface area is 115 Å². The van der Waals surface area contributed by atoms with Gasteiger partial charge in [-0.25, -0.2) is 0 Å². The number of pyridine rings is 1. The van der Waals surface area contributed by atoms with Crippen molar-refractivity contribution in [3.63, 3.8) is 0 Å². The average Bonchev–Trinajstić information content (AvgIpc) is 2.35. The fourth-order valence-electron chi connectivity index (χ4n) is 1.48. The van der Waals surface area contributed by atoms with Gasteiger partial charge in [0.2, 0.25) is 5.91 Å². The maximum atomic E-state index is 11.8. The number of anilines is 1. The van der Waals surface area contributed by atoms with Crippen molar-refractivity contribution in [3.8, 4) is 0 Å². The summed E-state index contributed by atoms with van der Waals surface area (Å²) in [7, 11) is 0. The van der Waals surface area contributed by atoms with Gasteiger partial charge in [-0.1, -0.05) is 29.3 Å². The lowest BCUT2D eigenvalue weighted by molar-refractivity contribution is -0.115. The van der Waals surface area contributed by atoms with Crippen molar-refractivity contribution in [2.24, 2.45) is 0 Å². The third kappa shape index (κ3) is 3.45. The number of nitrogens with one attached hydrogen (secondary N) is 1. The summed E-state index contributed by atoms with van der Waals surface area (Å²) >= 11 is 11.8. The standard InChI is InChI=1S/C13H10Cl2N2O/c14-10-3-4-11(15)12(7-10)17-13(18)6-9-2-1-5-16-8-9/h1-5,7-8H,6H2,(H,17,18). The normalized spacial score (nSPS) is 10.1. The number of benzene rings is 1. The lowest BCUT2D eigenvalue weighted by Gasteiger charge is -2.07. The molecule has 0 atom stereocenters. The van der Waals surface area contributed by atoms with E-state index < -0.39 is 0 Å². The highest BCUT2D eigenvalue weighted by atomic mass is 35.5. The highest BCUT2D eigenvalue weighted by Gasteiger charge is 2.07. The molecule has 1 aromatic heterocycles. The number of aromatic nitrogens is 1. The van der Waals surface area contributed by atoms with Gasteiger partial charge in [0.25, 0.3) is 0 Å². The molecule has 3 nitrogen and oxygen atoms in total. The Balaban J connectivity index is 2.05. The molecule has 0 saturated heterocycles. The predicted octanol–water partition coefficient (Wildman–Crippen LogP) is 3.57. The quantitative estimate of drug-likeness (QED) is 0.934. The minimum Gasteiger partial charge on any atom is -0.324 e. The molecule has 1 aromatic carbocycles. The Morgan fingerprint density at radius 3 is 2.83 bits per heavy atom. The summed E-state index contributed by atoms with van der Waals surface area (Å²) in [6.07, 6.45) is 3.56. The van der Waals surface area contributed by atoms with Gasteiger partial charge < -0.3 is 5.32 Å². The maximum Gasteiger partial charge on any atom is 0.228 e. The number of carbonyl (C=O) groups is 1. The van der Waals surface area contributed by atoms with Crippen molar-refractivity contribution in [2.45, 2.75) is 6.42 Å². The molecule has 92 valence electrons. The second-order valence-corrected chi connectivity index (χ2v) is 4.55. The number of carbonyl (C=O) groups excluding carboxylic acids is 1. The molecule has 1 heterocycles. The van der Waals surface area contributed by atoms with Gasteiger partial charge >= 0.3 is 0 Å². The Kier molecular flexibility index (Phi) is 4.18. The number of halogens is 2. The molecule has 0 aliphatic heterocycles. The van der Waals surface area contributed by atoms with Crippen LogP contribution in [0.2, 0.25) is 10.0 Å². The summed E-state index contributed by atoms with van der Waals surface area (Å²) in [5.41, 5.74) is 1.35. The zero-order valence-corrected chi connectivity index (χ0v) is 10.9. The van der Waals surface area contributed by atoms with Crippen LogP contribution >= 0.6 is 23.2 Å². The first kappa shape index (κ1) is 12.9. The maximum absolute atomic E-state index is 11.8. The SMILES string of the molecule is O=C(Cc1cccnc1)Nc1cc(Cl)ccc1Cl. The smallest absolute Gasteiger partial charge is 0.228 e. The van der Waals surface area contributed by atoms with Gasteiger partial charge in [0, 0.05) is 17.4 Å². The largest absolute Gasteiger partial charge is 0.324 e. The molecule has 2 rings (SSSR count). The molecule has 0 saturated carbocycles. The van der Waals surface area contributed by atoms with Crippen molar-refractivity contribution in [2.75, 3.05) is 5.32 Å². The second-order valence-electron chi connectivity index (χ2n) is 3.71. The van der Waals surface area contributed by atoms with Gasteiger partial charge in [-0.2, -0.15) is 0 Å². The number of nitrogens with zero attached hydrogens (tertiary/aromatic N) is 1. The van der Waals surface area contributed by atoms with Crippen molar-refractivity contribution in [3.05, 3.63) is 58.3 Å². The Morgan fingerprint density at radius 1 is 1.28 bits per heavy atom. The first-order valence-corrected chi connectivity index (χ1v) is 6.04. The van der Waals surface area contributed by atoms with E-state index >= 15 is 0 Å². The first-order chi connectivity index (χ1) is 8.65. The zero-order valence-electron chi connectivity index (χ0n) is 9.36. The van der Waals surface area contributed by atoms with Gasteiger partial charge in [-0.3, -0.25) is 9.78 Å². The molecule has 18 heavy (non-hydrogen) atoms. The van der Waals surface area contributed by atoms with E-state index in [0.717, 1.165) is 5.56 Å². The molecule has 0 spiro atoms. The number of rotatable bonds is 3. The molecule has 0 unspecified atom stereocenters. The van der Waals surface area contributed by atoms with Crippen LogP contribution in [-0.4, -0.2) is 10.9 Å². The minimum atomic E-state index is -0.160. The van der Waals surface area contributed by atoms with Gasteiger partial charge in [0.1, 0.15) is 0 Å². The lowest BCUT2D eigenvalue weighted by Crippen LogP contribution is -2.14. The minimum absolute atomic E-state index is 0.160. The van der Waals surface area contributed by atoms with E-state index in [2.05, 4.69) is 10.3 Å². The highest BCUT2D eigenvalue weighted by Crippen LogP contribution is 2.25. The monoisotopic (exact) mass is 280 g/mol. The number of hydrogen-bond acceptors (Lipinski definition) is 2. The van der Waals surface area contributed by atoms with Crippen LogP contribution in [0, 0.1) is 0 Å². The molecular weight excluding hydrogens is 271 g/mol. The summed E-state index contributed by atoms with van der Waals surface area (Å²) in [4.78, 5) is 15.8. The number of hydrogen-bond donors (Lipinski definition) is 1. The van der Waals surface area contributed by atoms with E-state index in [1.165, 1.54) is 0 Å². The van der Waals surface area contributed by atoms with Gasteiger partial charge in [-0.15, -0.1) is 0 Å². The molecule has 1 amide bonds. The van der Waals surface area contributed by atoms with Crippen molar-refractivity contribution in [1.29, 1.82) is 0 Å². The molecule has 0 fully saturated rings. The Morgan fingerprint density at radius 2 is 2.11 bits per heavy atom. The van der Waals surface area contributed by atoms with Crippen molar-refractivity contribution < 1.29 is 4.79 Å². The van der Waals surface area contributed by atoms with Crippen molar-refractivity contribution in [1.82, 2.24) is 4.98 Å². The first-order valence-electron chi connectivity index (χ1n) is 5.29. The van der Waals surface area contributed by atoms with E-state index in [-0.39, 0.29) is 12.3 Å². The molecule has 5 heteroatoms. The molecule has 0 aliphatic rings. The molecule has 0 aliphatic carbocycles. The van der Waals surface area contributed by atoms with Crippen LogP contribution in [0.1, 0.15) is 5.56 Å². The van der Waals surface area contributed by atoms with Gasteiger partial charge in [-0.05, 0) is 29.8 Å². The summed E-state index contributed by atoms with van der Waals surface area (Å²) in [5.74, 6) is -0.160. The summed E-state index contributed by atoms with van der Waals surface area (Å²) < 4.78 is 0. The van der Waals surface area contributed by atoms with Gasteiger partial charge in [0.15, 0.2) is 0 Å². The predicted molar refractivity (Wildman–Crippen MR) is 73.0 cm³/mol. The zero-order chi connectivity index (χ0) is 13.0. The molecule has 0 radical (unpaired) electrons. The molecule has 1 N–H and O–H groups in total. The van der Waals surface area contributed by atoms with E-state index in [4.69, 9.17) is 23.2 Å². The fraction of sp³-hybridized carbons (Fsp3) is 0.0769. The summed E-state index contributed by atoms with van der Waals surface area (Å²) in [6, 6.07) is 8.55. The summed E-state index contributed by atoms with van der Waals surface area (Å²) in [6.45, 7) is 0. The summed E-state index contributed by atoms with van der Waals surface area (Å²) in [5, 5.41) is 3.70.